The Labute approximate surface area is 181 Å². The van der Waals surface area contributed by atoms with Crippen molar-refractivity contribution in [2.45, 2.75) is 6.54 Å². The van der Waals surface area contributed by atoms with Crippen molar-refractivity contribution in [2.24, 2.45) is 7.05 Å². The summed E-state index contributed by atoms with van der Waals surface area (Å²) >= 11 is 0. The molecule has 152 valence electrons. The van der Waals surface area contributed by atoms with E-state index in [1.807, 2.05) is 25.6 Å². The van der Waals surface area contributed by atoms with Gasteiger partial charge in [-0.3, -0.25) is 4.98 Å². The fraction of sp³-hybridized carbons (Fsp3) is 0.154. The number of pyridine rings is 1. The predicted octanol–water partition coefficient (Wildman–Crippen LogP) is 5.22. The fourth-order valence-corrected chi connectivity index (χ4v) is 4.56. The van der Waals surface area contributed by atoms with Crippen molar-refractivity contribution < 1.29 is 0 Å². The van der Waals surface area contributed by atoms with Crippen LogP contribution in [-0.2, 0) is 13.6 Å². The summed E-state index contributed by atoms with van der Waals surface area (Å²) in [6.45, 7) is 2.71. The Balaban J connectivity index is 1.40. The minimum absolute atomic E-state index is 0.857. The molecule has 0 saturated heterocycles. The molecule has 0 fully saturated rings. The van der Waals surface area contributed by atoms with Gasteiger partial charge in [-0.25, -0.2) is 4.98 Å². The average molecular weight is 406 g/mol. The van der Waals surface area contributed by atoms with Crippen LogP contribution in [0.15, 0.2) is 79.3 Å². The SMILES string of the molecule is Cn1cnc2cc(-c3ccc4c(c3)CN(c3ccnc5ccccc35)CCN4)ccc21. The molecule has 5 nitrogen and oxygen atoms in total. The van der Waals surface area contributed by atoms with Crippen LogP contribution in [0.1, 0.15) is 5.56 Å². The van der Waals surface area contributed by atoms with E-state index in [4.69, 9.17) is 0 Å². The average Bonchev–Trinajstić information content (AvgIpc) is 3.05. The number of hydrogen-bond acceptors (Lipinski definition) is 4. The second kappa shape index (κ2) is 7.13. The molecule has 0 saturated carbocycles. The Morgan fingerprint density at radius 3 is 2.71 bits per heavy atom. The number of nitrogens with one attached hydrogen (secondary N) is 1. The Kier molecular flexibility index (Phi) is 4.13. The smallest absolute Gasteiger partial charge is 0.0955 e. The van der Waals surface area contributed by atoms with Gasteiger partial charge in [0.25, 0.3) is 0 Å². The first kappa shape index (κ1) is 18.0. The number of rotatable bonds is 2. The van der Waals surface area contributed by atoms with Crippen LogP contribution in [0, 0.1) is 0 Å². The van der Waals surface area contributed by atoms with E-state index in [0.717, 1.165) is 36.2 Å². The fourth-order valence-electron chi connectivity index (χ4n) is 4.56. The van der Waals surface area contributed by atoms with E-state index in [1.54, 1.807) is 0 Å². The zero-order valence-electron chi connectivity index (χ0n) is 17.4. The molecule has 0 bridgehead atoms. The standard InChI is InChI=1S/C26H23N5/c1-30-17-29-24-15-19(7-9-26(24)30)18-6-8-22-20(14-18)16-31(13-12-28-22)25-10-11-27-23-5-3-2-4-21(23)25/h2-11,14-15,17,28H,12-13,16H2,1H3. The monoisotopic (exact) mass is 405 g/mol. The molecule has 0 aliphatic carbocycles. The number of benzene rings is 3. The summed E-state index contributed by atoms with van der Waals surface area (Å²) in [6, 6.07) is 23.7. The van der Waals surface area contributed by atoms with Crippen molar-refractivity contribution in [1.29, 1.82) is 0 Å². The van der Waals surface area contributed by atoms with Crippen molar-refractivity contribution in [3.8, 4) is 11.1 Å². The molecule has 3 aromatic carbocycles. The third kappa shape index (κ3) is 3.10. The normalized spacial score (nSPS) is 13.8. The van der Waals surface area contributed by atoms with Gasteiger partial charge < -0.3 is 14.8 Å². The quantitative estimate of drug-likeness (QED) is 0.437. The molecular formula is C26H23N5. The van der Waals surface area contributed by atoms with Crippen LogP contribution < -0.4 is 10.2 Å². The highest BCUT2D eigenvalue weighted by molar-refractivity contribution is 5.91. The van der Waals surface area contributed by atoms with Gasteiger partial charge in [-0.1, -0.05) is 30.3 Å². The topological polar surface area (TPSA) is 46.0 Å². The number of imidazole rings is 1. The molecule has 0 unspecified atom stereocenters. The molecule has 3 heterocycles. The highest BCUT2D eigenvalue weighted by Crippen LogP contribution is 2.32. The molecule has 0 spiro atoms. The lowest BCUT2D eigenvalue weighted by molar-refractivity contribution is 0.832. The maximum atomic E-state index is 4.53. The molecule has 6 rings (SSSR count). The third-order valence-electron chi connectivity index (χ3n) is 6.19. The molecule has 5 aromatic rings. The summed E-state index contributed by atoms with van der Waals surface area (Å²) in [5.41, 5.74) is 9.37. The van der Waals surface area contributed by atoms with Gasteiger partial charge in [0.2, 0.25) is 0 Å². The molecule has 1 N–H and O–H groups in total. The maximum Gasteiger partial charge on any atom is 0.0955 e. The summed E-state index contributed by atoms with van der Waals surface area (Å²) in [5.74, 6) is 0. The van der Waals surface area contributed by atoms with Crippen LogP contribution in [0.2, 0.25) is 0 Å². The zero-order valence-corrected chi connectivity index (χ0v) is 17.4. The molecule has 1 aliphatic rings. The minimum Gasteiger partial charge on any atom is -0.383 e. The summed E-state index contributed by atoms with van der Waals surface area (Å²) in [7, 11) is 2.03. The number of nitrogens with zero attached hydrogens (tertiary/aromatic N) is 4. The number of anilines is 2. The molecule has 0 atom stereocenters. The molecular weight excluding hydrogens is 382 g/mol. The van der Waals surface area contributed by atoms with Crippen LogP contribution in [0.4, 0.5) is 11.4 Å². The van der Waals surface area contributed by atoms with Crippen LogP contribution in [0.5, 0.6) is 0 Å². The van der Waals surface area contributed by atoms with Crippen molar-refractivity contribution in [1.82, 2.24) is 14.5 Å². The Morgan fingerprint density at radius 1 is 0.871 bits per heavy atom. The Bertz CT molecular complexity index is 1410. The first-order chi connectivity index (χ1) is 15.3. The lowest BCUT2D eigenvalue weighted by atomic mass is 10.0. The highest BCUT2D eigenvalue weighted by Gasteiger charge is 2.17. The van der Waals surface area contributed by atoms with Gasteiger partial charge >= 0.3 is 0 Å². The van der Waals surface area contributed by atoms with Crippen molar-refractivity contribution in [3.05, 3.63) is 84.8 Å². The molecule has 2 aromatic heterocycles. The lowest BCUT2D eigenvalue weighted by Crippen LogP contribution is -2.25. The summed E-state index contributed by atoms with van der Waals surface area (Å²) in [5, 5.41) is 4.81. The lowest BCUT2D eigenvalue weighted by Gasteiger charge is -2.24. The summed E-state index contributed by atoms with van der Waals surface area (Å²) < 4.78 is 2.05. The largest absolute Gasteiger partial charge is 0.383 e. The van der Waals surface area contributed by atoms with E-state index >= 15 is 0 Å². The van der Waals surface area contributed by atoms with Gasteiger partial charge in [-0.05, 0) is 53.1 Å². The minimum atomic E-state index is 0.857. The van der Waals surface area contributed by atoms with E-state index < -0.39 is 0 Å². The van der Waals surface area contributed by atoms with Gasteiger partial charge in [-0.2, -0.15) is 0 Å². The van der Waals surface area contributed by atoms with Gasteiger partial charge in [0.05, 0.1) is 22.9 Å². The molecule has 1 aliphatic heterocycles. The number of fused-ring (bicyclic) bond motifs is 3. The zero-order chi connectivity index (χ0) is 20.8. The van der Waals surface area contributed by atoms with Gasteiger partial charge in [0.15, 0.2) is 0 Å². The number of para-hydroxylation sites is 1. The molecule has 5 heteroatoms. The molecule has 31 heavy (non-hydrogen) atoms. The van der Waals surface area contributed by atoms with Gasteiger partial charge in [-0.15, -0.1) is 0 Å². The molecule has 0 radical (unpaired) electrons. The Morgan fingerprint density at radius 2 is 1.74 bits per heavy atom. The van der Waals surface area contributed by atoms with Crippen LogP contribution in [0.25, 0.3) is 33.1 Å². The van der Waals surface area contributed by atoms with Crippen LogP contribution in [-0.4, -0.2) is 27.6 Å². The first-order valence-corrected chi connectivity index (χ1v) is 10.6. The van der Waals surface area contributed by atoms with Gasteiger partial charge in [0, 0.05) is 49.6 Å². The number of hydrogen-bond donors (Lipinski definition) is 1. The van der Waals surface area contributed by atoms with E-state index in [-0.39, 0.29) is 0 Å². The van der Waals surface area contributed by atoms with E-state index in [0.29, 0.717) is 0 Å². The van der Waals surface area contributed by atoms with E-state index in [2.05, 4.69) is 85.4 Å². The second-order valence-electron chi connectivity index (χ2n) is 8.13. The van der Waals surface area contributed by atoms with Crippen molar-refractivity contribution >= 4 is 33.3 Å². The summed E-state index contributed by atoms with van der Waals surface area (Å²) in [4.78, 5) is 11.5. The maximum absolute atomic E-state index is 4.53. The van der Waals surface area contributed by atoms with Crippen LogP contribution in [0.3, 0.4) is 0 Å². The summed E-state index contributed by atoms with van der Waals surface area (Å²) in [6.07, 6.45) is 3.78. The van der Waals surface area contributed by atoms with Gasteiger partial charge in [0.1, 0.15) is 0 Å². The number of aryl methyl sites for hydroxylation is 1. The van der Waals surface area contributed by atoms with E-state index in [1.165, 1.54) is 33.5 Å². The Hall–Kier alpha value is -3.86. The second-order valence-corrected chi connectivity index (χ2v) is 8.13. The van der Waals surface area contributed by atoms with Crippen molar-refractivity contribution in [2.75, 3.05) is 23.3 Å². The number of aromatic nitrogens is 3. The third-order valence-corrected chi connectivity index (χ3v) is 6.19. The predicted molar refractivity (Wildman–Crippen MR) is 127 cm³/mol. The highest BCUT2D eigenvalue weighted by atomic mass is 15.2. The van der Waals surface area contributed by atoms with E-state index in [9.17, 15) is 0 Å². The van der Waals surface area contributed by atoms with Crippen LogP contribution >= 0.6 is 0 Å². The van der Waals surface area contributed by atoms with Crippen molar-refractivity contribution in [3.63, 3.8) is 0 Å². The molecule has 0 amide bonds. The first-order valence-electron chi connectivity index (χ1n) is 10.6.